The SMILES string of the molecule is NC(=S)c1ccc(Cl)c(NS(=O)(=O)c2cn[nH]c2)c1. The molecule has 0 aliphatic rings. The van der Waals surface area contributed by atoms with Crippen LogP contribution < -0.4 is 10.5 Å². The molecule has 0 saturated heterocycles. The van der Waals surface area contributed by atoms with Gasteiger partial charge in [0.05, 0.1) is 16.9 Å². The number of H-pyrrole nitrogens is 1. The van der Waals surface area contributed by atoms with Crippen LogP contribution in [0.3, 0.4) is 0 Å². The highest BCUT2D eigenvalue weighted by molar-refractivity contribution is 7.92. The van der Waals surface area contributed by atoms with E-state index >= 15 is 0 Å². The zero-order chi connectivity index (χ0) is 14.0. The van der Waals surface area contributed by atoms with E-state index in [9.17, 15) is 8.42 Å². The van der Waals surface area contributed by atoms with Crippen LogP contribution in [0.2, 0.25) is 5.02 Å². The minimum atomic E-state index is -3.75. The maximum atomic E-state index is 12.0. The molecule has 4 N–H and O–H groups in total. The highest BCUT2D eigenvalue weighted by Gasteiger charge is 2.17. The summed E-state index contributed by atoms with van der Waals surface area (Å²) >= 11 is 10.8. The average Bonchev–Trinajstić information content (AvgIpc) is 2.85. The van der Waals surface area contributed by atoms with Crippen LogP contribution in [0.25, 0.3) is 0 Å². The molecule has 0 aliphatic heterocycles. The van der Waals surface area contributed by atoms with Crippen LogP contribution in [0, 0.1) is 0 Å². The number of aromatic amines is 1. The van der Waals surface area contributed by atoms with Crippen LogP contribution in [0.1, 0.15) is 5.56 Å². The Morgan fingerprint density at radius 2 is 2.21 bits per heavy atom. The number of halogens is 1. The van der Waals surface area contributed by atoms with Crippen molar-refractivity contribution in [3.05, 3.63) is 41.2 Å². The van der Waals surface area contributed by atoms with E-state index in [0.29, 0.717) is 5.56 Å². The van der Waals surface area contributed by atoms with Crippen molar-refractivity contribution in [3.8, 4) is 0 Å². The second-order valence-electron chi connectivity index (χ2n) is 3.60. The maximum absolute atomic E-state index is 12.0. The van der Waals surface area contributed by atoms with E-state index in [2.05, 4.69) is 14.9 Å². The highest BCUT2D eigenvalue weighted by atomic mass is 35.5. The quantitative estimate of drug-likeness (QED) is 0.742. The van der Waals surface area contributed by atoms with Gasteiger partial charge in [-0.1, -0.05) is 29.9 Å². The zero-order valence-corrected chi connectivity index (χ0v) is 11.8. The number of hydrogen-bond acceptors (Lipinski definition) is 4. The topological polar surface area (TPSA) is 101 Å². The van der Waals surface area contributed by atoms with Crippen LogP contribution in [-0.4, -0.2) is 23.6 Å². The van der Waals surface area contributed by atoms with E-state index in [1.165, 1.54) is 24.5 Å². The molecule has 19 heavy (non-hydrogen) atoms. The fourth-order valence-corrected chi connectivity index (χ4v) is 2.67. The van der Waals surface area contributed by atoms with Gasteiger partial charge in [0.15, 0.2) is 0 Å². The molecule has 0 atom stereocenters. The van der Waals surface area contributed by atoms with Gasteiger partial charge in [0, 0.05) is 11.8 Å². The monoisotopic (exact) mass is 316 g/mol. The van der Waals surface area contributed by atoms with Gasteiger partial charge in [0.2, 0.25) is 0 Å². The number of nitrogens with zero attached hydrogens (tertiary/aromatic N) is 1. The smallest absolute Gasteiger partial charge is 0.265 e. The van der Waals surface area contributed by atoms with Gasteiger partial charge in [0.25, 0.3) is 10.0 Å². The molecule has 0 fully saturated rings. The van der Waals surface area contributed by atoms with Crippen molar-refractivity contribution in [2.24, 2.45) is 5.73 Å². The Morgan fingerprint density at radius 3 is 2.79 bits per heavy atom. The van der Waals surface area contributed by atoms with E-state index in [1.807, 2.05) is 0 Å². The number of thiocarbonyl (C=S) groups is 1. The second-order valence-corrected chi connectivity index (χ2v) is 6.13. The van der Waals surface area contributed by atoms with E-state index < -0.39 is 10.0 Å². The molecule has 0 radical (unpaired) electrons. The fraction of sp³-hybridized carbons (Fsp3) is 0. The molecule has 1 heterocycles. The Balaban J connectivity index is 2.39. The lowest BCUT2D eigenvalue weighted by Gasteiger charge is -2.09. The number of aromatic nitrogens is 2. The Labute approximate surface area is 120 Å². The molecule has 1 aromatic carbocycles. The minimum absolute atomic E-state index is 0.00398. The summed E-state index contributed by atoms with van der Waals surface area (Å²) in [6.45, 7) is 0. The van der Waals surface area contributed by atoms with E-state index in [-0.39, 0.29) is 20.6 Å². The summed E-state index contributed by atoms with van der Waals surface area (Å²) in [5, 5.41) is 6.25. The van der Waals surface area contributed by atoms with Gasteiger partial charge in [0.1, 0.15) is 9.88 Å². The van der Waals surface area contributed by atoms with Crippen LogP contribution in [0.15, 0.2) is 35.5 Å². The summed E-state index contributed by atoms with van der Waals surface area (Å²) in [5.41, 5.74) is 6.21. The van der Waals surface area contributed by atoms with Crippen molar-refractivity contribution < 1.29 is 8.42 Å². The Morgan fingerprint density at radius 1 is 1.47 bits per heavy atom. The maximum Gasteiger partial charge on any atom is 0.265 e. The third-order valence-electron chi connectivity index (χ3n) is 2.28. The molecular weight excluding hydrogens is 308 g/mol. The van der Waals surface area contributed by atoms with Crippen molar-refractivity contribution in [1.82, 2.24) is 10.2 Å². The minimum Gasteiger partial charge on any atom is -0.389 e. The molecule has 0 spiro atoms. The predicted octanol–water partition coefficient (Wildman–Crippen LogP) is 1.50. The zero-order valence-electron chi connectivity index (χ0n) is 9.42. The standard InChI is InChI=1S/C10H9ClN4O2S2/c11-8-2-1-6(10(12)18)3-9(8)15-19(16,17)7-4-13-14-5-7/h1-5,15H,(H2,12,18)(H,13,14). The van der Waals surface area contributed by atoms with Crippen molar-refractivity contribution in [2.45, 2.75) is 4.90 Å². The Kier molecular flexibility index (Phi) is 3.74. The molecule has 2 rings (SSSR count). The van der Waals surface area contributed by atoms with Crippen LogP contribution in [-0.2, 0) is 10.0 Å². The molecule has 1 aromatic heterocycles. The van der Waals surface area contributed by atoms with Gasteiger partial charge in [-0.2, -0.15) is 5.10 Å². The molecule has 6 nitrogen and oxygen atoms in total. The van der Waals surface area contributed by atoms with E-state index in [4.69, 9.17) is 29.6 Å². The molecular formula is C10H9ClN4O2S2. The first-order chi connectivity index (χ1) is 8.90. The van der Waals surface area contributed by atoms with E-state index in [1.54, 1.807) is 6.07 Å². The van der Waals surface area contributed by atoms with Crippen LogP contribution in [0.5, 0.6) is 0 Å². The summed E-state index contributed by atoms with van der Waals surface area (Å²) in [6, 6.07) is 4.60. The molecule has 0 unspecified atom stereocenters. The Bertz CT molecular complexity index is 713. The molecule has 0 amide bonds. The summed E-state index contributed by atoms with van der Waals surface area (Å²) in [5.74, 6) is 0. The fourth-order valence-electron chi connectivity index (χ4n) is 1.35. The molecule has 9 heteroatoms. The van der Waals surface area contributed by atoms with Gasteiger partial charge in [-0.15, -0.1) is 0 Å². The molecule has 100 valence electrons. The largest absolute Gasteiger partial charge is 0.389 e. The third kappa shape index (κ3) is 3.03. The van der Waals surface area contributed by atoms with Crippen molar-refractivity contribution >= 4 is 44.5 Å². The molecule has 0 aliphatic carbocycles. The third-order valence-corrected chi connectivity index (χ3v) is 4.18. The molecule has 0 saturated carbocycles. The van der Waals surface area contributed by atoms with Gasteiger partial charge in [-0.25, -0.2) is 8.42 Å². The number of hydrogen-bond donors (Lipinski definition) is 3. The van der Waals surface area contributed by atoms with Crippen molar-refractivity contribution in [2.75, 3.05) is 4.72 Å². The van der Waals surface area contributed by atoms with Crippen LogP contribution in [0.4, 0.5) is 5.69 Å². The number of sulfonamides is 1. The lowest BCUT2D eigenvalue weighted by Crippen LogP contribution is -2.14. The van der Waals surface area contributed by atoms with Gasteiger partial charge in [-0.3, -0.25) is 9.82 Å². The second kappa shape index (κ2) is 5.16. The highest BCUT2D eigenvalue weighted by Crippen LogP contribution is 2.25. The van der Waals surface area contributed by atoms with Crippen molar-refractivity contribution in [3.63, 3.8) is 0 Å². The normalized spacial score (nSPS) is 11.2. The first-order valence-electron chi connectivity index (χ1n) is 5.01. The molecule has 2 aromatic rings. The number of benzene rings is 1. The number of rotatable bonds is 4. The van der Waals surface area contributed by atoms with Gasteiger partial charge < -0.3 is 5.73 Å². The summed E-state index contributed by atoms with van der Waals surface area (Å²) < 4.78 is 26.4. The number of anilines is 1. The van der Waals surface area contributed by atoms with Crippen LogP contribution >= 0.6 is 23.8 Å². The van der Waals surface area contributed by atoms with Gasteiger partial charge >= 0.3 is 0 Å². The molecule has 0 bridgehead atoms. The van der Waals surface area contributed by atoms with Crippen molar-refractivity contribution in [1.29, 1.82) is 0 Å². The number of nitrogens with one attached hydrogen (secondary N) is 2. The average molecular weight is 317 g/mol. The summed E-state index contributed by atoms with van der Waals surface area (Å²) in [6.07, 6.45) is 2.45. The Hall–Kier alpha value is -1.64. The first-order valence-corrected chi connectivity index (χ1v) is 7.28. The lowest BCUT2D eigenvalue weighted by atomic mass is 10.2. The van der Waals surface area contributed by atoms with E-state index in [0.717, 1.165) is 0 Å². The number of nitrogens with two attached hydrogens (primary N) is 1. The lowest BCUT2D eigenvalue weighted by molar-refractivity contribution is 0.601. The van der Waals surface area contributed by atoms with Gasteiger partial charge in [-0.05, 0) is 12.1 Å². The summed E-state index contributed by atoms with van der Waals surface area (Å²) in [7, 11) is -3.75. The summed E-state index contributed by atoms with van der Waals surface area (Å²) in [4.78, 5) is 0.157. The first kappa shape index (κ1) is 13.8. The predicted molar refractivity (Wildman–Crippen MR) is 76.7 cm³/mol.